The lowest BCUT2D eigenvalue weighted by Crippen LogP contribution is -2.02. The van der Waals surface area contributed by atoms with Gasteiger partial charge < -0.3 is 4.57 Å². The molecule has 4 aromatic rings. The molecular formula is C21H16F2N4. The molecule has 0 saturated heterocycles. The zero-order chi connectivity index (χ0) is 18.4. The molecule has 1 saturated carbocycles. The molecule has 0 bridgehead atoms. The van der Waals surface area contributed by atoms with Gasteiger partial charge in [-0.1, -0.05) is 6.07 Å². The molecule has 1 aromatic carbocycles. The lowest BCUT2D eigenvalue weighted by Gasteiger charge is -2.06. The third-order valence-corrected chi connectivity index (χ3v) is 4.95. The summed E-state index contributed by atoms with van der Waals surface area (Å²) in [6.45, 7) is 0.250. The van der Waals surface area contributed by atoms with Gasteiger partial charge in [0.1, 0.15) is 17.3 Å². The van der Waals surface area contributed by atoms with Gasteiger partial charge in [-0.25, -0.2) is 23.7 Å². The Morgan fingerprint density at radius 3 is 2.59 bits per heavy atom. The number of rotatable bonds is 4. The van der Waals surface area contributed by atoms with E-state index in [0.717, 1.165) is 17.0 Å². The number of hydrogen-bond acceptors (Lipinski definition) is 3. The highest BCUT2D eigenvalue weighted by Gasteiger charge is 2.24. The van der Waals surface area contributed by atoms with Gasteiger partial charge in [-0.05, 0) is 42.5 Å². The van der Waals surface area contributed by atoms with E-state index in [4.69, 9.17) is 0 Å². The molecular weight excluding hydrogens is 346 g/mol. The minimum Gasteiger partial charge on any atom is -0.327 e. The zero-order valence-corrected chi connectivity index (χ0v) is 14.4. The van der Waals surface area contributed by atoms with Gasteiger partial charge >= 0.3 is 0 Å². The monoisotopic (exact) mass is 362 g/mol. The summed E-state index contributed by atoms with van der Waals surface area (Å²) >= 11 is 0. The Kier molecular flexibility index (Phi) is 3.70. The van der Waals surface area contributed by atoms with Gasteiger partial charge in [-0.2, -0.15) is 0 Å². The van der Waals surface area contributed by atoms with Crippen LogP contribution >= 0.6 is 0 Å². The molecule has 27 heavy (non-hydrogen) atoms. The quantitative estimate of drug-likeness (QED) is 0.529. The molecule has 0 amide bonds. The van der Waals surface area contributed by atoms with Crippen molar-refractivity contribution in [1.82, 2.24) is 19.5 Å². The van der Waals surface area contributed by atoms with E-state index in [-0.39, 0.29) is 6.54 Å². The van der Waals surface area contributed by atoms with Crippen LogP contribution in [0, 0.1) is 11.6 Å². The maximum Gasteiger partial charge on any atom is 0.161 e. The first kappa shape index (κ1) is 16.1. The first-order chi connectivity index (χ1) is 13.2. The second-order valence-corrected chi connectivity index (χ2v) is 6.90. The summed E-state index contributed by atoms with van der Waals surface area (Å²) in [4.78, 5) is 13.5. The molecule has 0 N–H and O–H groups in total. The van der Waals surface area contributed by atoms with Crippen molar-refractivity contribution < 1.29 is 8.78 Å². The Bertz CT molecular complexity index is 1130. The van der Waals surface area contributed by atoms with Gasteiger partial charge in [0.2, 0.25) is 0 Å². The van der Waals surface area contributed by atoms with Crippen LogP contribution in [0.15, 0.2) is 55.1 Å². The van der Waals surface area contributed by atoms with Crippen LogP contribution in [0.2, 0.25) is 0 Å². The first-order valence-electron chi connectivity index (χ1n) is 8.89. The molecule has 6 heteroatoms. The third kappa shape index (κ3) is 2.97. The topological polar surface area (TPSA) is 43.6 Å². The van der Waals surface area contributed by atoms with Crippen LogP contribution in [-0.2, 0) is 6.54 Å². The Labute approximate surface area is 154 Å². The van der Waals surface area contributed by atoms with E-state index in [1.54, 1.807) is 6.20 Å². The van der Waals surface area contributed by atoms with Crippen molar-refractivity contribution in [2.45, 2.75) is 25.3 Å². The maximum absolute atomic E-state index is 14.1. The Morgan fingerprint density at radius 2 is 1.85 bits per heavy atom. The molecule has 0 aliphatic heterocycles. The van der Waals surface area contributed by atoms with Gasteiger partial charge in [0.05, 0.1) is 6.54 Å². The maximum atomic E-state index is 14.1. The molecule has 1 aliphatic rings. The van der Waals surface area contributed by atoms with E-state index in [2.05, 4.69) is 15.0 Å². The number of aromatic nitrogens is 4. The van der Waals surface area contributed by atoms with Crippen LogP contribution in [0.1, 0.15) is 29.9 Å². The van der Waals surface area contributed by atoms with E-state index < -0.39 is 11.6 Å². The van der Waals surface area contributed by atoms with Gasteiger partial charge in [-0.3, -0.25) is 0 Å². The molecule has 0 atom stereocenters. The Hall–Kier alpha value is -3.15. The summed E-state index contributed by atoms with van der Waals surface area (Å²) in [5, 5.41) is 0.902. The lowest BCUT2D eigenvalue weighted by molar-refractivity contribution is 0.567. The summed E-state index contributed by atoms with van der Waals surface area (Å²) < 4.78 is 29.1. The third-order valence-electron chi connectivity index (χ3n) is 4.95. The summed E-state index contributed by atoms with van der Waals surface area (Å²) in [5.74, 6) is 0.0650. The average molecular weight is 362 g/mol. The van der Waals surface area contributed by atoms with E-state index in [1.165, 1.54) is 30.5 Å². The highest BCUT2D eigenvalue weighted by Crippen LogP contribution is 2.39. The fraction of sp³-hybridized carbons (Fsp3) is 0.190. The van der Waals surface area contributed by atoms with E-state index in [1.807, 2.05) is 35.3 Å². The largest absolute Gasteiger partial charge is 0.327 e. The normalized spacial score (nSPS) is 14.0. The molecule has 1 aliphatic carbocycles. The van der Waals surface area contributed by atoms with Crippen molar-refractivity contribution in [3.63, 3.8) is 0 Å². The van der Waals surface area contributed by atoms with Gasteiger partial charge in [-0.15, -0.1) is 0 Å². The van der Waals surface area contributed by atoms with Gasteiger partial charge in [0, 0.05) is 47.4 Å². The molecule has 1 fully saturated rings. The fourth-order valence-electron chi connectivity index (χ4n) is 3.36. The minimum atomic E-state index is -0.586. The van der Waals surface area contributed by atoms with E-state index in [0.29, 0.717) is 23.0 Å². The predicted molar refractivity (Wildman–Crippen MR) is 98.2 cm³/mol. The highest BCUT2D eigenvalue weighted by atomic mass is 19.1. The van der Waals surface area contributed by atoms with Crippen LogP contribution in [-0.4, -0.2) is 19.5 Å². The lowest BCUT2D eigenvalue weighted by atomic mass is 10.2. The van der Waals surface area contributed by atoms with Crippen LogP contribution in [0.4, 0.5) is 8.78 Å². The van der Waals surface area contributed by atoms with E-state index >= 15 is 0 Å². The number of pyridine rings is 1. The standard InChI is InChI=1S/C21H16F2N4/c22-16-6-5-14(19(23)8-16)11-27-12-18(17-2-1-7-24-21(17)27)20-25-9-15(10-26-20)13-3-4-13/h1-2,5-10,12-13H,3-4,11H2. The van der Waals surface area contributed by atoms with Crippen LogP contribution < -0.4 is 0 Å². The van der Waals surface area contributed by atoms with Crippen LogP contribution in [0.25, 0.3) is 22.4 Å². The van der Waals surface area contributed by atoms with Crippen molar-refractivity contribution in [1.29, 1.82) is 0 Å². The van der Waals surface area contributed by atoms with Crippen molar-refractivity contribution >= 4 is 11.0 Å². The number of nitrogens with zero attached hydrogens (tertiary/aromatic N) is 4. The number of hydrogen-bond donors (Lipinski definition) is 0. The summed E-state index contributed by atoms with van der Waals surface area (Å²) in [6, 6.07) is 7.42. The predicted octanol–water partition coefficient (Wildman–Crippen LogP) is 4.70. The van der Waals surface area contributed by atoms with E-state index in [9.17, 15) is 8.78 Å². The highest BCUT2D eigenvalue weighted by molar-refractivity contribution is 5.92. The smallest absolute Gasteiger partial charge is 0.161 e. The molecule has 3 heterocycles. The second-order valence-electron chi connectivity index (χ2n) is 6.90. The van der Waals surface area contributed by atoms with Gasteiger partial charge in [0.25, 0.3) is 0 Å². The van der Waals surface area contributed by atoms with Crippen LogP contribution in [0.5, 0.6) is 0 Å². The van der Waals surface area contributed by atoms with Crippen molar-refractivity contribution in [2.75, 3.05) is 0 Å². The molecule has 134 valence electrons. The number of halogens is 2. The summed E-state index contributed by atoms with van der Waals surface area (Å²) in [6.07, 6.45) is 9.76. The molecule has 5 rings (SSSR count). The van der Waals surface area contributed by atoms with Crippen LogP contribution in [0.3, 0.4) is 0 Å². The summed E-state index contributed by atoms with van der Waals surface area (Å²) in [7, 11) is 0. The Morgan fingerprint density at radius 1 is 1.04 bits per heavy atom. The number of benzene rings is 1. The molecule has 3 aromatic heterocycles. The van der Waals surface area contributed by atoms with Crippen molar-refractivity contribution in [3.8, 4) is 11.4 Å². The van der Waals surface area contributed by atoms with Crippen molar-refractivity contribution in [2.24, 2.45) is 0 Å². The molecule has 4 nitrogen and oxygen atoms in total. The van der Waals surface area contributed by atoms with Gasteiger partial charge in [0.15, 0.2) is 5.82 Å². The second kappa shape index (κ2) is 6.23. The Balaban J connectivity index is 1.57. The summed E-state index contributed by atoms with van der Waals surface area (Å²) in [5.41, 5.74) is 3.14. The SMILES string of the molecule is Fc1ccc(Cn2cc(-c3ncc(C4CC4)cn3)c3cccnc32)c(F)c1. The number of fused-ring (bicyclic) bond motifs is 1. The fourth-order valence-corrected chi connectivity index (χ4v) is 3.36. The minimum absolute atomic E-state index is 0.250. The molecule has 0 spiro atoms. The van der Waals surface area contributed by atoms with Crippen molar-refractivity contribution in [3.05, 3.63) is 77.9 Å². The average Bonchev–Trinajstić information content (AvgIpc) is 3.47. The first-order valence-corrected chi connectivity index (χ1v) is 8.89. The zero-order valence-electron chi connectivity index (χ0n) is 14.4. The molecule has 0 unspecified atom stereocenters. The molecule has 0 radical (unpaired) electrons.